The third-order valence-electron chi connectivity index (χ3n) is 2.61. The molecule has 19 heavy (non-hydrogen) atoms. The molecular weight excluding hydrogens is 284 g/mol. The van der Waals surface area contributed by atoms with E-state index in [9.17, 15) is 8.42 Å². The first-order valence-corrected chi connectivity index (χ1v) is 7.79. The maximum Gasteiger partial charge on any atom is 0.263 e. The Morgan fingerprint density at radius 2 is 1.84 bits per heavy atom. The van der Waals surface area contributed by atoms with Crippen molar-refractivity contribution in [2.75, 3.05) is 17.1 Å². The summed E-state index contributed by atoms with van der Waals surface area (Å²) in [5, 5.41) is 7.00. The third-order valence-corrected chi connectivity index (χ3v) is 4.99. The Kier molecular flexibility index (Phi) is 3.72. The van der Waals surface area contributed by atoms with Crippen molar-refractivity contribution in [3.8, 4) is 0 Å². The summed E-state index contributed by atoms with van der Waals surface area (Å²) >= 11 is 1.00. The molecule has 2 N–H and O–H groups in total. The van der Waals surface area contributed by atoms with Gasteiger partial charge in [-0.25, -0.2) is 8.42 Å². The number of anilines is 2. The van der Waals surface area contributed by atoms with Crippen LogP contribution in [0, 0.1) is 13.8 Å². The molecule has 0 aliphatic rings. The van der Waals surface area contributed by atoms with Crippen molar-refractivity contribution >= 4 is 32.2 Å². The maximum absolute atomic E-state index is 12.4. The topological polar surface area (TPSA) is 84.0 Å². The van der Waals surface area contributed by atoms with Crippen molar-refractivity contribution in [2.45, 2.75) is 18.7 Å². The Labute approximate surface area is 116 Å². The number of nitrogens with one attached hydrogen (secondary N) is 2. The Morgan fingerprint density at radius 1 is 1.21 bits per heavy atom. The van der Waals surface area contributed by atoms with Crippen LogP contribution in [0.3, 0.4) is 0 Å². The zero-order chi connectivity index (χ0) is 14.0. The molecular formula is C11H14N4O2S2. The zero-order valence-corrected chi connectivity index (χ0v) is 12.4. The molecule has 102 valence electrons. The summed E-state index contributed by atoms with van der Waals surface area (Å²) in [5.41, 5.74) is 2.26. The average Bonchev–Trinajstić information content (AvgIpc) is 2.79. The van der Waals surface area contributed by atoms with Crippen molar-refractivity contribution in [3.05, 3.63) is 29.5 Å². The van der Waals surface area contributed by atoms with Crippen LogP contribution in [0.5, 0.6) is 0 Å². The van der Waals surface area contributed by atoms with Crippen molar-refractivity contribution in [1.82, 2.24) is 9.59 Å². The van der Waals surface area contributed by atoms with Gasteiger partial charge in [-0.05, 0) is 37.1 Å². The third kappa shape index (κ3) is 2.85. The van der Waals surface area contributed by atoms with Crippen molar-refractivity contribution in [3.63, 3.8) is 0 Å². The fraction of sp³-hybridized carbons (Fsp3) is 0.273. The van der Waals surface area contributed by atoms with Crippen LogP contribution in [-0.2, 0) is 10.0 Å². The summed E-state index contributed by atoms with van der Waals surface area (Å²) in [6.07, 6.45) is 1.38. The minimum absolute atomic E-state index is 0.292. The molecule has 2 aromatic rings. The summed E-state index contributed by atoms with van der Waals surface area (Å²) in [6, 6.07) is 3.60. The predicted octanol–water partition coefficient (Wildman–Crippen LogP) is 2.00. The van der Waals surface area contributed by atoms with Gasteiger partial charge < -0.3 is 5.32 Å². The van der Waals surface area contributed by atoms with Crippen LogP contribution in [0.2, 0.25) is 0 Å². The second-order valence-corrected chi connectivity index (χ2v) is 6.48. The van der Waals surface area contributed by atoms with Crippen LogP contribution < -0.4 is 10.0 Å². The zero-order valence-electron chi connectivity index (χ0n) is 10.8. The molecule has 1 aromatic heterocycles. The summed E-state index contributed by atoms with van der Waals surface area (Å²) in [7, 11) is -1.82. The summed E-state index contributed by atoms with van der Waals surface area (Å²) < 4.78 is 30.8. The number of aryl methyl sites for hydroxylation is 2. The first kappa shape index (κ1) is 13.8. The highest BCUT2D eigenvalue weighted by Crippen LogP contribution is 2.26. The lowest BCUT2D eigenvalue weighted by Gasteiger charge is -2.13. The predicted molar refractivity (Wildman–Crippen MR) is 76.2 cm³/mol. The lowest BCUT2D eigenvalue weighted by atomic mass is 10.1. The van der Waals surface area contributed by atoms with E-state index < -0.39 is 10.0 Å². The second kappa shape index (κ2) is 5.14. The largest absolute Gasteiger partial charge is 0.388 e. The molecule has 0 fully saturated rings. The molecule has 0 aliphatic heterocycles. The SMILES string of the molecule is CNc1cc(C)c(S(=O)(=O)Nc2cnns2)c(C)c1. The number of nitrogens with zero attached hydrogens (tertiary/aromatic N) is 2. The molecule has 0 aliphatic carbocycles. The van der Waals surface area contributed by atoms with E-state index >= 15 is 0 Å². The molecule has 0 unspecified atom stereocenters. The van der Waals surface area contributed by atoms with Crippen LogP contribution in [0.4, 0.5) is 10.7 Å². The van der Waals surface area contributed by atoms with Gasteiger partial charge in [-0.3, -0.25) is 4.72 Å². The second-order valence-electron chi connectivity index (χ2n) is 4.08. The van der Waals surface area contributed by atoms with Crippen LogP contribution >= 0.6 is 11.5 Å². The first-order valence-electron chi connectivity index (χ1n) is 5.53. The summed E-state index contributed by atoms with van der Waals surface area (Å²) in [4.78, 5) is 0.292. The normalized spacial score (nSPS) is 11.3. The number of aromatic nitrogens is 2. The average molecular weight is 298 g/mol. The van der Waals surface area contributed by atoms with Gasteiger partial charge in [0, 0.05) is 24.3 Å². The van der Waals surface area contributed by atoms with E-state index in [4.69, 9.17) is 0 Å². The molecule has 8 heteroatoms. The van der Waals surface area contributed by atoms with Gasteiger partial charge in [0.2, 0.25) is 0 Å². The highest BCUT2D eigenvalue weighted by atomic mass is 32.2. The molecule has 0 saturated carbocycles. The van der Waals surface area contributed by atoms with Gasteiger partial charge >= 0.3 is 0 Å². The van der Waals surface area contributed by atoms with Gasteiger partial charge in [0.15, 0.2) is 0 Å². The minimum atomic E-state index is -3.62. The van der Waals surface area contributed by atoms with E-state index in [2.05, 4.69) is 19.6 Å². The molecule has 0 spiro atoms. The molecule has 0 atom stereocenters. The van der Waals surface area contributed by atoms with Gasteiger partial charge in [0.25, 0.3) is 10.0 Å². The summed E-state index contributed by atoms with van der Waals surface area (Å²) in [6.45, 7) is 3.54. The first-order chi connectivity index (χ1) is 8.94. The highest BCUT2D eigenvalue weighted by molar-refractivity contribution is 7.93. The van der Waals surface area contributed by atoms with Gasteiger partial charge in [-0.2, -0.15) is 0 Å². The Bertz CT molecular complexity index is 658. The maximum atomic E-state index is 12.4. The van der Waals surface area contributed by atoms with Crippen molar-refractivity contribution < 1.29 is 8.42 Å². The number of hydrogen-bond acceptors (Lipinski definition) is 6. The molecule has 0 bridgehead atoms. The van der Waals surface area contributed by atoms with Gasteiger partial charge in [0.05, 0.1) is 11.1 Å². The van der Waals surface area contributed by atoms with E-state index in [1.54, 1.807) is 33.0 Å². The monoisotopic (exact) mass is 298 g/mol. The lowest BCUT2D eigenvalue weighted by Crippen LogP contribution is -2.15. The van der Waals surface area contributed by atoms with E-state index in [-0.39, 0.29) is 0 Å². The molecule has 0 saturated heterocycles. The Morgan fingerprint density at radius 3 is 2.32 bits per heavy atom. The van der Waals surface area contributed by atoms with Crippen molar-refractivity contribution in [1.29, 1.82) is 0 Å². The van der Waals surface area contributed by atoms with Crippen LogP contribution in [0.15, 0.2) is 23.2 Å². The minimum Gasteiger partial charge on any atom is -0.388 e. The molecule has 1 aromatic carbocycles. The van der Waals surface area contributed by atoms with Crippen LogP contribution in [0.1, 0.15) is 11.1 Å². The summed E-state index contributed by atoms with van der Waals surface area (Å²) in [5.74, 6) is 0. The van der Waals surface area contributed by atoms with Gasteiger partial charge in [0.1, 0.15) is 5.00 Å². The number of sulfonamides is 1. The lowest BCUT2D eigenvalue weighted by molar-refractivity contribution is 0.600. The van der Waals surface area contributed by atoms with Gasteiger partial charge in [-0.1, -0.05) is 4.49 Å². The Hall–Kier alpha value is -1.67. The standard InChI is InChI=1S/C11H14N4O2S2/c1-7-4-9(12-3)5-8(2)11(7)19(16,17)14-10-6-13-15-18-10/h4-6,12,14H,1-3H3. The van der Waals surface area contributed by atoms with Crippen LogP contribution in [0.25, 0.3) is 0 Å². The van der Waals surface area contributed by atoms with E-state index in [1.807, 2.05) is 0 Å². The molecule has 0 amide bonds. The quantitative estimate of drug-likeness (QED) is 0.902. The van der Waals surface area contributed by atoms with E-state index in [0.717, 1.165) is 17.2 Å². The number of benzene rings is 1. The van der Waals surface area contributed by atoms with E-state index in [1.165, 1.54) is 6.20 Å². The van der Waals surface area contributed by atoms with Crippen molar-refractivity contribution in [2.24, 2.45) is 0 Å². The molecule has 2 rings (SSSR count). The van der Waals surface area contributed by atoms with Crippen LogP contribution in [-0.4, -0.2) is 25.1 Å². The number of hydrogen-bond donors (Lipinski definition) is 2. The van der Waals surface area contributed by atoms with E-state index in [0.29, 0.717) is 21.0 Å². The molecule has 6 nitrogen and oxygen atoms in total. The smallest absolute Gasteiger partial charge is 0.263 e. The van der Waals surface area contributed by atoms with Gasteiger partial charge in [-0.15, -0.1) is 5.10 Å². The molecule has 1 heterocycles. The highest BCUT2D eigenvalue weighted by Gasteiger charge is 2.21. The molecule has 0 radical (unpaired) electrons. The fourth-order valence-corrected chi connectivity index (χ4v) is 4.05. The number of rotatable bonds is 4. The Balaban J connectivity index is 2.46. The fourth-order valence-electron chi connectivity index (χ4n) is 1.91.